The minimum atomic E-state index is -0.150. The van der Waals surface area contributed by atoms with Gasteiger partial charge >= 0.3 is 0 Å². The van der Waals surface area contributed by atoms with Gasteiger partial charge in [0.05, 0.1) is 0 Å². The van der Waals surface area contributed by atoms with Crippen LogP contribution in [0.2, 0.25) is 0 Å². The SMILES string of the molecule is C=Cc1ccc(/C=C/C=O)cc1C=C.CCC(C)(C)Oc1ccc(C=O)cc1.CO.CO. The predicted molar refractivity (Wildman–Crippen MR) is 135 cm³/mol. The first-order chi connectivity index (χ1) is 15.4. The topological polar surface area (TPSA) is 83.8 Å². The minimum Gasteiger partial charge on any atom is -0.488 e. The van der Waals surface area contributed by atoms with E-state index < -0.39 is 0 Å². The zero-order chi connectivity index (χ0) is 25.0. The highest BCUT2D eigenvalue weighted by atomic mass is 16.5. The summed E-state index contributed by atoms with van der Waals surface area (Å²) in [5.74, 6) is 0.808. The van der Waals surface area contributed by atoms with Gasteiger partial charge in [-0.2, -0.15) is 0 Å². The highest BCUT2D eigenvalue weighted by molar-refractivity contribution is 5.76. The van der Waals surface area contributed by atoms with Crippen LogP contribution >= 0.6 is 0 Å². The van der Waals surface area contributed by atoms with Crippen molar-refractivity contribution < 1.29 is 24.5 Å². The number of carbonyl (C=O) groups excluding carboxylic acids is 2. The van der Waals surface area contributed by atoms with Crippen LogP contribution in [-0.2, 0) is 4.79 Å². The van der Waals surface area contributed by atoms with Crippen molar-refractivity contribution in [2.45, 2.75) is 32.8 Å². The number of ether oxygens (including phenoxy) is 1. The highest BCUT2D eigenvalue weighted by Crippen LogP contribution is 2.20. The van der Waals surface area contributed by atoms with E-state index in [9.17, 15) is 9.59 Å². The lowest BCUT2D eigenvalue weighted by Gasteiger charge is -2.24. The summed E-state index contributed by atoms with van der Waals surface area (Å²) in [5.41, 5.74) is 3.57. The summed E-state index contributed by atoms with van der Waals surface area (Å²) in [6.07, 6.45) is 9.31. The van der Waals surface area contributed by atoms with Crippen LogP contribution in [0.1, 0.15) is 54.2 Å². The third kappa shape index (κ3) is 12.4. The van der Waals surface area contributed by atoms with E-state index >= 15 is 0 Å². The van der Waals surface area contributed by atoms with E-state index in [1.54, 1.807) is 30.4 Å². The molecule has 2 aromatic carbocycles. The maximum absolute atomic E-state index is 10.4. The van der Waals surface area contributed by atoms with Crippen molar-refractivity contribution in [1.82, 2.24) is 0 Å². The molecule has 0 spiro atoms. The molecule has 174 valence electrons. The molecule has 2 N–H and O–H groups in total. The van der Waals surface area contributed by atoms with Crippen molar-refractivity contribution in [3.8, 4) is 5.75 Å². The van der Waals surface area contributed by atoms with Crippen molar-refractivity contribution in [2.24, 2.45) is 0 Å². The molecule has 0 unspecified atom stereocenters. The molecule has 0 aliphatic heterocycles. The molecule has 2 aromatic rings. The lowest BCUT2D eigenvalue weighted by atomic mass is 10.0. The first-order valence-electron chi connectivity index (χ1n) is 10.0. The van der Waals surface area contributed by atoms with Gasteiger partial charge in [-0.1, -0.05) is 50.4 Å². The third-order valence-electron chi connectivity index (χ3n) is 4.18. The molecule has 5 nitrogen and oxygen atoms in total. The van der Waals surface area contributed by atoms with Crippen LogP contribution < -0.4 is 4.74 Å². The summed E-state index contributed by atoms with van der Waals surface area (Å²) in [6.45, 7) is 13.6. The van der Waals surface area contributed by atoms with Crippen LogP contribution in [0.5, 0.6) is 5.75 Å². The van der Waals surface area contributed by atoms with Gasteiger partial charge in [0.1, 0.15) is 23.9 Å². The first-order valence-corrected chi connectivity index (χ1v) is 10.0. The van der Waals surface area contributed by atoms with Gasteiger partial charge in [-0.15, -0.1) is 0 Å². The fourth-order valence-corrected chi connectivity index (χ4v) is 2.22. The van der Waals surface area contributed by atoms with Gasteiger partial charge in [0.25, 0.3) is 0 Å². The molecular weight excluding hydrogens is 404 g/mol. The van der Waals surface area contributed by atoms with Gasteiger partial charge in [0, 0.05) is 19.8 Å². The standard InChI is InChI=1S/C13H12O.C12H16O2.2CH4O/c1-3-12-8-7-11(6-5-9-14)10-13(12)4-2;1-4-12(2,3)14-11-7-5-10(9-13)6-8-11;2*1-2/h3-10H,1-2H2;5-9H,4H2,1-3H3;2*2H,1H3/b6-5+;;;. The largest absolute Gasteiger partial charge is 0.488 e. The van der Waals surface area contributed by atoms with Gasteiger partial charge in [-0.25, -0.2) is 0 Å². The monoisotopic (exact) mass is 440 g/mol. The van der Waals surface area contributed by atoms with Crippen LogP contribution in [0, 0.1) is 0 Å². The molecule has 0 atom stereocenters. The highest BCUT2D eigenvalue weighted by Gasteiger charge is 2.16. The van der Waals surface area contributed by atoms with E-state index in [4.69, 9.17) is 14.9 Å². The molecule has 0 radical (unpaired) electrons. The summed E-state index contributed by atoms with van der Waals surface area (Å²) in [7, 11) is 2.00. The number of carbonyl (C=O) groups is 2. The molecule has 0 fully saturated rings. The maximum atomic E-state index is 10.4. The van der Waals surface area contributed by atoms with E-state index in [2.05, 4.69) is 20.1 Å². The fraction of sp³-hybridized carbons (Fsp3) is 0.259. The van der Waals surface area contributed by atoms with Crippen molar-refractivity contribution in [2.75, 3.05) is 14.2 Å². The Hall–Kier alpha value is -3.28. The fourth-order valence-electron chi connectivity index (χ4n) is 2.22. The third-order valence-corrected chi connectivity index (χ3v) is 4.18. The lowest BCUT2D eigenvalue weighted by Crippen LogP contribution is -2.26. The first kappa shape index (κ1) is 30.9. The number of hydrogen-bond acceptors (Lipinski definition) is 5. The normalized spacial score (nSPS) is 9.59. The van der Waals surface area contributed by atoms with E-state index in [1.807, 2.05) is 44.2 Å². The van der Waals surface area contributed by atoms with Crippen LogP contribution in [0.3, 0.4) is 0 Å². The number of aldehydes is 2. The van der Waals surface area contributed by atoms with Crippen LogP contribution in [0.15, 0.2) is 61.7 Å². The van der Waals surface area contributed by atoms with Crippen LogP contribution in [0.4, 0.5) is 0 Å². The Morgan fingerprint density at radius 3 is 1.84 bits per heavy atom. The number of aliphatic hydroxyl groups excluding tert-OH is 2. The van der Waals surface area contributed by atoms with E-state index in [-0.39, 0.29) is 5.60 Å². The Morgan fingerprint density at radius 2 is 1.41 bits per heavy atom. The molecule has 0 bridgehead atoms. The second kappa shape index (κ2) is 18.5. The molecule has 0 aromatic heterocycles. The Labute approximate surface area is 192 Å². The summed E-state index contributed by atoms with van der Waals surface area (Å²) < 4.78 is 5.73. The van der Waals surface area contributed by atoms with Gasteiger partial charge in [-0.05, 0) is 73.4 Å². The Balaban J connectivity index is 0. The molecule has 5 heteroatoms. The molecule has 0 aliphatic rings. The van der Waals surface area contributed by atoms with Crippen molar-refractivity contribution >= 4 is 30.8 Å². The van der Waals surface area contributed by atoms with Crippen LogP contribution in [0.25, 0.3) is 18.2 Å². The lowest BCUT2D eigenvalue weighted by molar-refractivity contribution is -0.104. The molecule has 2 rings (SSSR count). The van der Waals surface area contributed by atoms with Crippen LogP contribution in [-0.4, -0.2) is 42.6 Å². The average molecular weight is 441 g/mol. The van der Waals surface area contributed by atoms with Gasteiger partial charge in [0.15, 0.2) is 0 Å². The van der Waals surface area contributed by atoms with E-state index in [0.29, 0.717) is 5.56 Å². The van der Waals surface area contributed by atoms with Crippen molar-refractivity contribution in [3.63, 3.8) is 0 Å². The van der Waals surface area contributed by atoms with E-state index in [1.165, 1.54) is 6.08 Å². The minimum absolute atomic E-state index is 0.150. The second-order valence-corrected chi connectivity index (χ2v) is 6.69. The molecule has 0 aliphatic carbocycles. The quantitative estimate of drug-likeness (QED) is 0.420. The molecule has 0 saturated carbocycles. The number of rotatable bonds is 8. The predicted octanol–water partition coefficient (Wildman–Crippen LogP) is 5.47. The Bertz CT molecular complexity index is 834. The zero-order valence-electron chi connectivity index (χ0n) is 19.7. The number of aliphatic hydroxyl groups is 2. The van der Waals surface area contributed by atoms with Crippen molar-refractivity contribution in [1.29, 1.82) is 0 Å². The van der Waals surface area contributed by atoms with Gasteiger partial charge < -0.3 is 14.9 Å². The summed E-state index contributed by atoms with van der Waals surface area (Å²) in [4.78, 5) is 20.6. The number of allylic oxidation sites excluding steroid dienone is 1. The molecular formula is C27H36O5. The summed E-state index contributed by atoms with van der Waals surface area (Å²) in [6, 6.07) is 13.0. The molecule has 0 saturated heterocycles. The number of benzene rings is 2. The van der Waals surface area contributed by atoms with Gasteiger partial charge in [0.2, 0.25) is 0 Å². The van der Waals surface area contributed by atoms with E-state index in [0.717, 1.165) is 55.7 Å². The molecule has 0 heterocycles. The van der Waals surface area contributed by atoms with Crippen molar-refractivity contribution in [3.05, 3.63) is 84.0 Å². The molecule has 0 amide bonds. The number of hydrogen-bond donors (Lipinski definition) is 2. The summed E-state index contributed by atoms with van der Waals surface area (Å²) >= 11 is 0. The maximum Gasteiger partial charge on any atom is 0.150 e. The molecule has 32 heavy (non-hydrogen) atoms. The smallest absolute Gasteiger partial charge is 0.150 e. The summed E-state index contributed by atoms with van der Waals surface area (Å²) in [5, 5.41) is 14.0. The zero-order valence-corrected chi connectivity index (χ0v) is 19.7. The average Bonchev–Trinajstić information content (AvgIpc) is 2.85. The second-order valence-electron chi connectivity index (χ2n) is 6.69. The Kier molecular flexibility index (Phi) is 17.9. The van der Waals surface area contributed by atoms with Gasteiger partial charge in [-0.3, -0.25) is 9.59 Å². The Morgan fingerprint density at radius 1 is 0.875 bits per heavy atom.